The Kier molecular flexibility index (Phi) is 4.49. The second-order valence-corrected chi connectivity index (χ2v) is 9.74. The van der Waals surface area contributed by atoms with Gasteiger partial charge >= 0.3 is 0 Å². The Morgan fingerprint density at radius 3 is 1.50 bits per heavy atom. The zero-order valence-electron chi connectivity index (χ0n) is 11.4. The Hall–Kier alpha value is -0.423. The third kappa shape index (κ3) is 2.45. The molecule has 0 aliphatic heterocycles. The molecule has 92 valence electrons. The van der Waals surface area contributed by atoms with Crippen LogP contribution in [0.2, 0.25) is 6.04 Å². The van der Waals surface area contributed by atoms with Crippen LogP contribution in [0.1, 0.15) is 0 Å². The highest BCUT2D eigenvalue weighted by atomic mass is 28.4. The third-order valence-corrected chi connectivity index (χ3v) is 8.80. The van der Waals surface area contributed by atoms with E-state index in [2.05, 4.69) is 80.3 Å². The van der Waals surface area contributed by atoms with Crippen molar-refractivity contribution in [3.63, 3.8) is 0 Å². The Labute approximate surface area is 101 Å². The van der Waals surface area contributed by atoms with Crippen molar-refractivity contribution in [1.29, 1.82) is 0 Å². The predicted molar refractivity (Wildman–Crippen MR) is 73.4 cm³/mol. The van der Waals surface area contributed by atoms with E-state index < -0.39 is 8.56 Å². The molecule has 0 aromatic rings. The van der Waals surface area contributed by atoms with Crippen LogP contribution in [0.3, 0.4) is 0 Å². The second kappa shape index (κ2) is 5.27. The van der Waals surface area contributed by atoms with Gasteiger partial charge in [-0.1, -0.05) is 24.3 Å². The quantitative estimate of drug-likeness (QED) is 0.671. The van der Waals surface area contributed by atoms with Crippen molar-refractivity contribution in [3.8, 4) is 0 Å². The Bertz CT molecular complexity index is 248. The summed E-state index contributed by atoms with van der Waals surface area (Å²) in [6, 6.07) is 1.22. The minimum atomic E-state index is -1.70. The molecule has 0 atom stereocenters. The molecule has 0 saturated carbocycles. The molecule has 1 aliphatic carbocycles. The molecule has 16 heavy (non-hydrogen) atoms. The van der Waals surface area contributed by atoms with Gasteiger partial charge in [-0.25, -0.2) is 0 Å². The first kappa shape index (κ1) is 13.6. The van der Waals surface area contributed by atoms with Gasteiger partial charge in [0.05, 0.1) is 0 Å². The van der Waals surface area contributed by atoms with Crippen molar-refractivity contribution < 1.29 is 0 Å². The smallest absolute Gasteiger partial charge is 0.289 e. The lowest BCUT2D eigenvalue weighted by Crippen LogP contribution is -2.70. The summed E-state index contributed by atoms with van der Waals surface area (Å²) in [6.45, 7) is 0. The zero-order valence-corrected chi connectivity index (χ0v) is 12.4. The van der Waals surface area contributed by atoms with Gasteiger partial charge in [-0.15, -0.1) is 0 Å². The molecule has 4 heteroatoms. The lowest BCUT2D eigenvalue weighted by atomic mass is 10.2. The lowest BCUT2D eigenvalue weighted by molar-refractivity contribution is 0.371. The van der Waals surface area contributed by atoms with E-state index in [4.69, 9.17) is 0 Å². The minimum absolute atomic E-state index is 0.596. The van der Waals surface area contributed by atoms with Crippen molar-refractivity contribution in [2.75, 3.05) is 42.3 Å². The predicted octanol–water partition coefficient (Wildman–Crippen LogP) is 1.35. The summed E-state index contributed by atoms with van der Waals surface area (Å²) in [6.07, 6.45) is 8.92. The molecule has 0 unspecified atom stereocenters. The Morgan fingerprint density at radius 1 is 0.812 bits per heavy atom. The van der Waals surface area contributed by atoms with Gasteiger partial charge in [0.1, 0.15) is 0 Å². The van der Waals surface area contributed by atoms with Crippen LogP contribution in [0.25, 0.3) is 0 Å². The van der Waals surface area contributed by atoms with E-state index in [9.17, 15) is 0 Å². The fourth-order valence-corrected chi connectivity index (χ4v) is 7.08. The maximum atomic E-state index is 2.42. The molecule has 1 aliphatic rings. The summed E-state index contributed by atoms with van der Waals surface area (Å²) >= 11 is 0. The SMILES string of the molecule is CN(C)[Si](CC1C=CC=C1)(N(C)C)N(C)C. The van der Waals surface area contributed by atoms with Crippen LogP contribution >= 0.6 is 0 Å². The highest BCUT2D eigenvalue weighted by molar-refractivity contribution is 6.71. The maximum Gasteiger partial charge on any atom is 0.289 e. The number of nitrogens with zero attached hydrogens (tertiary/aromatic N) is 3. The summed E-state index contributed by atoms with van der Waals surface area (Å²) in [5.74, 6) is 0.596. The zero-order chi connectivity index (χ0) is 12.3. The number of hydrogen-bond donors (Lipinski definition) is 0. The van der Waals surface area contributed by atoms with Gasteiger partial charge in [-0.3, -0.25) is 0 Å². The largest absolute Gasteiger partial charge is 0.305 e. The van der Waals surface area contributed by atoms with E-state index in [0.29, 0.717) is 5.92 Å². The van der Waals surface area contributed by atoms with Crippen molar-refractivity contribution in [3.05, 3.63) is 24.3 Å². The van der Waals surface area contributed by atoms with Crippen molar-refractivity contribution in [1.82, 2.24) is 13.7 Å². The normalized spacial score (nSPS) is 17.3. The molecule has 0 bridgehead atoms. The molecule has 0 aromatic carbocycles. The lowest BCUT2D eigenvalue weighted by Gasteiger charge is -2.47. The molecule has 0 heterocycles. The molecule has 0 aromatic heterocycles. The molecule has 0 saturated heterocycles. The number of hydrogen-bond acceptors (Lipinski definition) is 3. The summed E-state index contributed by atoms with van der Waals surface area (Å²) < 4.78 is 7.27. The first-order chi connectivity index (χ1) is 7.41. The molecular weight excluding hydrogens is 214 g/mol. The van der Waals surface area contributed by atoms with Crippen LogP contribution in [0, 0.1) is 5.92 Å². The van der Waals surface area contributed by atoms with E-state index in [1.807, 2.05) is 0 Å². The highest BCUT2D eigenvalue weighted by Crippen LogP contribution is 2.26. The topological polar surface area (TPSA) is 9.72 Å². The molecule has 0 radical (unpaired) electrons. The molecule has 0 N–H and O–H groups in total. The summed E-state index contributed by atoms with van der Waals surface area (Å²) in [4.78, 5) is 0. The Morgan fingerprint density at radius 2 is 1.19 bits per heavy atom. The van der Waals surface area contributed by atoms with E-state index in [1.54, 1.807) is 0 Å². The molecular formula is C12H25N3Si. The molecule has 0 fully saturated rings. The van der Waals surface area contributed by atoms with Gasteiger partial charge in [0, 0.05) is 0 Å². The molecule has 1 rings (SSSR count). The molecule has 0 amide bonds. The van der Waals surface area contributed by atoms with E-state index in [-0.39, 0.29) is 0 Å². The second-order valence-electron chi connectivity index (χ2n) is 5.10. The summed E-state index contributed by atoms with van der Waals surface area (Å²) in [5.41, 5.74) is 0. The van der Waals surface area contributed by atoms with Crippen LogP contribution in [-0.4, -0.2) is 64.5 Å². The van der Waals surface area contributed by atoms with Crippen LogP contribution in [0.15, 0.2) is 24.3 Å². The van der Waals surface area contributed by atoms with Gasteiger partial charge in [-0.2, -0.15) is 0 Å². The van der Waals surface area contributed by atoms with E-state index in [0.717, 1.165) is 0 Å². The molecule has 0 spiro atoms. The van der Waals surface area contributed by atoms with Gasteiger partial charge in [0.2, 0.25) is 0 Å². The maximum absolute atomic E-state index is 2.42. The summed E-state index contributed by atoms with van der Waals surface area (Å²) in [5, 5.41) is 0. The van der Waals surface area contributed by atoms with Crippen molar-refractivity contribution >= 4 is 8.56 Å². The van der Waals surface area contributed by atoms with E-state index in [1.165, 1.54) is 6.04 Å². The van der Waals surface area contributed by atoms with Gasteiger partial charge in [0.15, 0.2) is 0 Å². The number of rotatable bonds is 5. The fraction of sp³-hybridized carbons (Fsp3) is 0.667. The monoisotopic (exact) mass is 239 g/mol. The third-order valence-electron chi connectivity index (χ3n) is 3.49. The van der Waals surface area contributed by atoms with Crippen LogP contribution in [0.4, 0.5) is 0 Å². The minimum Gasteiger partial charge on any atom is -0.305 e. The average Bonchev–Trinajstić information content (AvgIpc) is 2.64. The Balaban J connectivity index is 2.92. The van der Waals surface area contributed by atoms with Crippen molar-refractivity contribution in [2.45, 2.75) is 6.04 Å². The van der Waals surface area contributed by atoms with Crippen LogP contribution < -0.4 is 0 Å². The van der Waals surface area contributed by atoms with Crippen molar-refractivity contribution in [2.24, 2.45) is 5.92 Å². The highest BCUT2D eigenvalue weighted by Gasteiger charge is 2.43. The standard InChI is InChI=1S/C12H25N3Si/c1-13(2)16(14(3)4,15(5)6)11-12-9-7-8-10-12/h7-10,12H,11H2,1-6H3. The fourth-order valence-electron chi connectivity index (χ4n) is 2.68. The van der Waals surface area contributed by atoms with E-state index >= 15 is 0 Å². The van der Waals surface area contributed by atoms with Crippen LogP contribution in [0.5, 0.6) is 0 Å². The van der Waals surface area contributed by atoms with Gasteiger partial charge in [0.25, 0.3) is 8.56 Å². The first-order valence-corrected chi connectivity index (χ1v) is 7.83. The van der Waals surface area contributed by atoms with Gasteiger partial charge < -0.3 is 13.7 Å². The molecule has 3 nitrogen and oxygen atoms in total. The van der Waals surface area contributed by atoms with Gasteiger partial charge in [-0.05, 0) is 54.2 Å². The average molecular weight is 239 g/mol. The summed E-state index contributed by atoms with van der Waals surface area (Å²) in [7, 11) is 11.5. The first-order valence-electron chi connectivity index (χ1n) is 5.78. The van der Waals surface area contributed by atoms with Crippen LogP contribution in [-0.2, 0) is 0 Å². The number of allylic oxidation sites excluding steroid dienone is 4.